The second-order valence-electron chi connectivity index (χ2n) is 12.1. The number of hydrogen-bond acceptors (Lipinski definition) is 5. The first kappa shape index (κ1) is 29.5. The van der Waals surface area contributed by atoms with E-state index in [9.17, 15) is 13.2 Å². The van der Waals surface area contributed by atoms with E-state index in [1.54, 1.807) is 16.3 Å². The van der Waals surface area contributed by atoms with Crippen molar-refractivity contribution in [1.82, 2.24) is 23.6 Å². The smallest absolute Gasteiger partial charge is 0.324 e. The quantitative estimate of drug-likeness (QED) is 0.296. The molecule has 0 unspecified atom stereocenters. The van der Waals surface area contributed by atoms with Gasteiger partial charge in [0.2, 0.25) is 0 Å². The number of nitrogens with one attached hydrogen (secondary N) is 2. The minimum absolute atomic E-state index is 0.0945. The van der Waals surface area contributed by atoms with Crippen LogP contribution in [-0.4, -0.2) is 51.2 Å². The third-order valence-electron chi connectivity index (χ3n) is 7.57. The van der Waals surface area contributed by atoms with Crippen molar-refractivity contribution in [3.8, 4) is 5.69 Å². The number of imidazole rings is 1. The van der Waals surface area contributed by atoms with Gasteiger partial charge in [0.15, 0.2) is 5.03 Å². The molecular formula is C31H39N7O3S. The zero-order valence-electron chi connectivity index (χ0n) is 24.8. The lowest BCUT2D eigenvalue weighted by Crippen LogP contribution is -2.39. The molecule has 42 heavy (non-hydrogen) atoms. The summed E-state index contributed by atoms with van der Waals surface area (Å²) in [6.07, 6.45) is 5.38. The molecule has 2 aromatic heterocycles. The third kappa shape index (κ3) is 6.74. The highest BCUT2D eigenvalue weighted by molar-refractivity contribution is 7.89. The molecule has 2 amide bonds. The van der Waals surface area contributed by atoms with Crippen molar-refractivity contribution < 1.29 is 13.2 Å². The zero-order chi connectivity index (χ0) is 30.1. The fourth-order valence-electron chi connectivity index (χ4n) is 5.12. The number of hydrogen-bond donors (Lipinski definition) is 2. The lowest BCUT2D eigenvalue weighted by atomic mass is 9.91. The summed E-state index contributed by atoms with van der Waals surface area (Å²) in [4.78, 5) is 17.1. The molecule has 222 valence electrons. The fraction of sp³-hybridized carbons (Fsp3) is 0.387. The highest BCUT2D eigenvalue weighted by Gasteiger charge is 2.31. The maximum atomic E-state index is 13.1. The van der Waals surface area contributed by atoms with Crippen molar-refractivity contribution in [1.29, 1.82) is 0 Å². The molecule has 10 nitrogen and oxygen atoms in total. The molecule has 1 aliphatic rings. The molecule has 1 fully saturated rings. The number of aryl methyl sites for hydroxylation is 2. The number of carbonyl (C=O) groups is 1. The van der Waals surface area contributed by atoms with E-state index in [-0.39, 0.29) is 16.5 Å². The Morgan fingerprint density at radius 2 is 1.74 bits per heavy atom. The number of benzene rings is 2. The van der Waals surface area contributed by atoms with Gasteiger partial charge in [-0.1, -0.05) is 50.6 Å². The first-order chi connectivity index (χ1) is 19.9. The van der Waals surface area contributed by atoms with Crippen LogP contribution in [0.5, 0.6) is 0 Å². The van der Waals surface area contributed by atoms with Gasteiger partial charge in [-0.2, -0.15) is 9.40 Å². The van der Waals surface area contributed by atoms with Gasteiger partial charge in [0, 0.05) is 43.5 Å². The van der Waals surface area contributed by atoms with E-state index < -0.39 is 10.0 Å². The van der Waals surface area contributed by atoms with E-state index in [0.717, 1.165) is 41.8 Å². The summed E-state index contributed by atoms with van der Waals surface area (Å²) in [5.74, 6) is 0.939. The van der Waals surface area contributed by atoms with Crippen LogP contribution < -0.4 is 10.6 Å². The van der Waals surface area contributed by atoms with E-state index >= 15 is 0 Å². The summed E-state index contributed by atoms with van der Waals surface area (Å²) in [7, 11) is -1.81. The minimum Gasteiger partial charge on any atom is -0.339 e. The summed E-state index contributed by atoms with van der Waals surface area (Å²) >= 11 is 0. The molecule has 4 aromatic rings. The van der Waals surface area contributed by atoms with Gasteiger partial charge < -0.3 is 9.88 Å². The van der Waals surface area contributed by atoms with Crippen molar-refractivity contribution >= 4 is 27.6 Å². The molecule has 0 bridgehead atoms. The van der Waals surface area contributed by atoms with Crippen LogP contribution in [0, 0.1) is 12.8 Å². The Bertz CT molecular complexity index is 1660. The van der Waals surface area contributed by atoms with E-state index in [1.165, 1.54) is 16.8 Å². The van der Waals surface area contributed by atoms with Gasteiger partial charge in [-0.3, -0.25) is 5.32 Å². The minimum atomic E-state index is -3.57. The maximum Gasteiger partial charge on any atom is 0.324 e. The largest absolute Gasteiger partial charge is 0.339 e. The molecule has 0 radical (unpaired) electrons. The number of rotatable bonds is 7. The number of piperidine rings is 1. The van der Waals surface area contributed by atoms with Gasteiger partial charge in [0.1, 0.15) is 5.82 Å². The van der Waals surface area contributed by atoms with Gasteiger partial charge in [0.05, 0.1) is 17.7 Å². The van der Waals surface area contributed by atoms with Crippen molar-refractivity contribution in [2.45, 2.75) is 57.4 Å². The van der Waals surface area contributed by atoms with Crippen LogP contribution in [-0.2, 0) is 28.9 Å². The van der Waals surface area contributed by atoms with Gasteiger partial charge in [-0.25, -0.2) is 22.9 Å². The molecule has 1 aliphatic heterocycles. The molecule has 0 saturated carbocycles. The number of nitrogens with zero attached hydrogens (tertiary/aromatic N) is 5. The van der Waals surface area contributed by atoms with Crippen LogP contribution in [0.4, 0.5) is 16.3 Å². The van der Waals surface area contributed by atoms with Gasteiger partial charge >= 0.3 is 6.03 Å². The Kier molecular flexibility index (Phi) is 8.25. The molecule has 5 rings (SSSR count). The lowest BCUT2D eigenvalue weighted by molar-refractivity contribution is 0.262. The summed E-state index contributed by atoms with van der Waals surface area (Å²) < 4.78 is 30.7. The highest BCUT2D eigenvalue weighted by Crippen LogP contribution is 2.28. The van der Waals surface area contributed by atoms with Crippen LogP contribution in [0.25, 0.3) is 5.69 Å². The van der Waals surface area contributed by atoms with E-state index in [4.69, 9.17) is 5.10 Å². The average molecular weight is 590 g/mol. The number of aromatic nitrogens is 4. The number of amides is 2. The predicted molar refractivity (Wildman–Crippen MR) is 164 cm³/mol. The Morgan fingerprint density at radius 1 is 1.02 bits per heavy atom. The summed E-state index contributed by atoms with van der Waals surface area (Å²) in [6.45, 7) is 9.24. The molecule has 1 saturated heterocycles. The Balaban J connectivity index is 1.22. The predicted octanol–water partition coefficient (Wildman–Crippen LogP) is 5.50. The summed E-state index contributed by atoms with van der Waals surface area (Å²) in [5.41, 5.74) is 4.49. The van der Waals surface area contributed by atoms with Gasteiger partial charge in [-0.15, -0.1) is 0 Å². The van der Waals surface area contributed by atoms with Crippen LogP contribution in [0.15, 0.2) is 72.1 Å². The second kappa shape index (κ2) is 11.7. The Morgan fingerprint density at radius 3 is 2.38 bits per heavy atom. The molecule has 0 aliphatic carbocycles. The fourth-order valence-corrected chi connectivity index (χ4v) is 6.55. The first-order valence-electron chi connectivity index (χ1n) is 14.2. The SMILES string of the molecule is Cc1ccc(-n2nc(C(C)(C)C)cc2NC(=O)Nc2cccc(CC3CCN(S(=O)(=O)c4cn(C)cn4)CC3)c2)cc1. The van der Waals surface area contributed by atoms with Crippen molar-refractivity contribution in [3.63, 3.8) is 0 Å². The number of carbonyl (C=O) groups excluding carboxylic acids is 1. The molecule has 0 spiro atoms. The Hall–Kier alpha value is -3.96. The highest BCUT2D eigenvalue weighted by atomic mass is 32.2. The van der Waals surface area contributed by atoms with E-state index in [0.29, 0.717) is 30.5 Å². The first-order valence-corrected chi connectivity index (χ1v) is 15.6. The Labute approximate surface area is 247 Å². The van der Waals surface area contributed by atoms with Crippen LogP contribution in [0.3, 0.4) is 0 Å². The molecule has 2 aromatic carbocycles. The number of sulfonamides is 1. The van der Waals surface area contributed by atoms with Crippen LogP contribution in [0.1, 0.15) is 50.4 Å². The maximum absolute atomic E-state index is 13.1. The summed E-state index contributed by atoms with van der Waals surface area (Å²) in [6, 6.07) is 17.4. The molecule has 0 atom stereocenters. The van der Waals surface area contributed by atoms with Crippen LogP contribution >= 0.6 is 0 Å². The molecule has 2 N–H and O–H groups in total. The topological polar surface area (TPSA) is 114 Å². The second-order valence-corrected chi connectivity index (χ2v) is 14.0. The van der Waals surface area contributed by atoms with Crippen LogP contribution in [0.2, 0.25) is 0 Å². The molecular weight excluding hydrogens is 550 g/mol. The third-order valence-corrected chi connectivity index (χ3v) is 9.35. The number of urea groups is 1. The summed E-state index contributed by atoms with van der Waals surface area (Å²) in [5, 5.41) is 10.8. The van der Waals surface area contributed by atoms with Gasteiger partial charge in [0.25, 0.3) is 10.0 Å². The van der Waals surface area contributed by atoms with Gasteiger partial charge in [-0.05, 0) is 61.9 Å². The lowest BCUT2D eigenvalue weighted by Gasteiger charge is -2.30. The standard InChI is InChI=1S/C31H39N7O3S/c1-22-9-11-26(12-10-22)38-28(19-27(35-38)31(2,3)4)34-30(39)33-25-8-6-7-24(18-25)17-23-13-15-37(16-14-23)42(40,41)29-20-36(5)21-32-29/h6-12,18-21,23H,13-17H2,1-5H3,(H2,33,34,39). The monoisotopic (exact) mass is 589 g/mol. The van der Waals surface area contributed by atoms with Crippen molar-refractivity contribution in [2.75, 3.05) is 23.7 Å². The van der Waals surface area contributed by atoms with Crippen molar-refractivity contribution in [2.24, 2.45) is 13.0 Å². The molecule has 3 heterocycles. The normalized spacial score (nSPS) is 15.1. The van der Waals surface area contributed by atoms with E-state index in [2.05, 4.69) is 36.4 Å². The van der Waals surface area contributed by atoms with E-state index in [1.807, 2.05) is 61.5 Å². The average Bonchev–Trinajstić information content (AvgIpc) is 3.57. The molecule has 11 heteroatoms. The zero-order valence-corrected chi connectivity index (χ0v) is 25.6. The van der Waals surface area contributed by atoms with Crippen molar-refractivity contribution in [3.05, 3.63) is 83.9 Å². The number of anilines is 2.